The molecule has 1 aliphatic heterocycles. The Morgan fingerprint density at radius 2 is 1.91 bits per heavy atom. The number of fused-ring (bicyclic) bond motifs is 1. The zero-order valence-corrected chi connectivity index (χ0v) is 19.1. The lowest BCUT2D eigenvalue weighted by Gasteiger charge is -2.32. The molecular formula is C23H30N6O3. The Morgan fingerprint density at radius 3 is 2.59 bits per heavy atom. The maximum absolute atomic E-state index is 13.2. The fraction of sp³-hybridized carbons (Fsp3) is 0.478. The summed E-state index contributed by atoms with van der Waals surface area (Å²) < 4.78 is 7.33. The van der Waals surface area contributed by atoms with Crippen molar-refractivity contribution in [2.45, 2.75) is 26.7 Å². The molecule has 0 radical (unpaired) electrons. The summed E-state index contributed by atoms with van der Waals surface area (Å²) >= 11 is 0. The van der Waals surface area contributed by atoms with Gasteiger partial charge in [0, 0.05) is 38.8 Å². The van der Waals surface area contributed by atoms with Gasteiger partial charge in [0.15, 0.2) is 0 Å². The highest BCUT2D eigenvalue weighted by atomic mass is 16.5. The van der Waals surface area contributed by atoms with E-state index in [2.05, 4.69) is 29.1 Å². The van der Waals surface area contributed by atoms with Crippen molar-refractivity contribution in [2.75, 3.05) is 39.8 Å². The van der Waals surface area contributed by atoms with Crippen LogP contribution in [-0.4, -0.2) is 75.3 Å². The van der Waals surface area contributed by atoms with Crippen molar-refractivity contribution >= 4 is 16.9 Å². The monoisotopic (exact) mass is 438 g/mol. The smallest absolute Gasteiger partial charge is 0.279 e. The Balaban J connectivity index is 1.83. The third-order valence-corrected chi connectivity index (χ3v) is 5.91. The number of amides is 1. The average molecular weight is 439 g/mol. The van der Waals surface area contributed by atoms with Crippen LogP contribution in [0.2, 0.25) is 0 Å². The van der Waals surface area contributed by atoms with Gasteiger partial charge in [-0.05, 0) is 38.6 Å². The number of hydrogen-bond donors (Lipinski definition) is 1. The summed E-state index contributed by atoms with van der Waals surface area (Å²) in [4.78, 5) is 35.1. The lowest BCUT2D eigenvalue weighted by molar-refractivity contribution is 0.0664. The number of carbonyl (C=O) groups is 1. The molecule has 0 unspecified atom stereocenters. The van der Waals surface area contributed by atoms with E-state index in [4.69, 9.17) is 9.72 Å². The van der Waals surface area contributed by atoms with E-state index >= 15 is 0 Å². The number of ether oxygens (including phenoxy) is 1. The van der Waals surface area contributed by atoms with Crippen molar-refractivity contribution in [1.82, 2.24) is 29.5 Å². The molecule has 0 spiro atoms. The summed E-state index contributed by atoms with van der Waals surface area (Å²) in [7, 11) is 3.73. The number of carbonyl (C=O) groups excluding carboxylic acids is 1. The molecular weight excluding hydrogens is 408 g/mol. The third-order valence-electron chi connectivity index (χ3n) is 5.91. The second kappa shape index (κ2) is 9.12. The number of aryl methyl sites for hydroxylation is 1. The highest BCUT2D eigenvalue weighted by Crippen LogP contribution is 2.31. The number of hydrogen-bond acceptors (Lipinski definition) is 6. The first-order chi connectivity index (χ1) is 15.4. The van der Waals surface area contributed by atoms with Gasteiger partial charge in [0.05, 0.1) is 17.9 Å². The SMILES string of the molecule is CCCc1n[nH]c2c(=O)n(C)c(-c3cc(C(=O)N4CCN(C)CC4)ccc3OCC)nc12. The number of aromatic nitrogens is 4. The summed E-state index contributed by atoms with van der Waals surface area (Å²) in [5.74, 6) is 1.02. The number of likely N-dealkylation sites (N-methyl/N-ethyl adjacent to an activating group) is 1. The second-order valence-corrected chi connectivity index (χ2v) is 8.18. The van der Waals surface area contributed by atoms with Crippen LogP contribution < -0.4 is 10.3 Å². The Bertz CT molecular complexity index is 1190. The van der Waals surface area contributed by atoms with E-state index in [1.807, 2.05) is 11.8 Å². The number of benzene rings is 1. The largest absolute Gasteiger partial charge is 0.493 e. The number of H-pyrrole nitrogens is 1. The lowest BCUT2D eigenvalue weighted by atomic mass is 10.1. The maximum atomic E-state index is 13.2. The molecule has 170 valence electrons. The summed E-state index contributed by atoms with van der Waals surface area (Å²) in [6.45, 7) is 7.50. The number of nitrogens with zero attached hydrogens (tertiary/aromatic N) is 5. The van der Waals surface area contributed by atoms with E-state index in [0.29, 0.717) is 53.4 Å². The normalized spacial score (nSPS) is 14.8. The number of nitrogens with one attached hydrogen (secondary N) is 1. The van der Waals surface area contributed by atoms with Crippen LogP contribution in [0, 0.1) is 0 Å². The molecule has 9 heteroatoms. The van der Waals surface area contributed by atoms with Gasteiger partial charge >= 0.3 is 0 Å². The third kappa shape index (κ3) is 4.00. The first-order valence-electron chi connectivity index (χ1n) is 11.1. The Labute approximate surface area is 187 Å². The summed E-state index contributed by atoms with van der Waals surface area (Å²) in [6, 6.07) is 5.37. The molecule has 2 aromatic heterocycles. The minimum atomic E-state index is -0.210. The number of aromatic amines is 1. The van der Waals surface area contributed by atoms with Gasteiger partial charge < -0.3 is 14.5 Å². The molecule has 1 N–H and O–H groups in total. The average Bonchev–Trinajstić information content (AvgIpc) is 3.20. The summed E-state index contributed by atoms with van der Waals surface area (Å²) in [6.07, 6.45) is 1.62. The first-order valence-corrected chi connectivity index (χ1v) is 11.1. The second-order valence-electron chi connectivity index (χ2n) is 8.18. The van der Waals surface area contributed by atoms with Crippen LogP contribution >= 0.6 is 0 Å². The van der Waals surface area contributed by atoms with Crippen molar-refractivity contribution in [3.05, 3.63) is 39.8 Å². The lowest BCUT2D eigenvalue weighted by Crippen LogP contribution is -2.47. The van der Waals surface area contributed by atoms with E-state index < -0.39 is 0 Å². The molecule has 0 aliphatic carbocycles. The minimum absolute atomic E-state index is 0.0246. The summed E-state index contributed by atoms with van der Waals surface area (Å²) in [5, 5.41) is 7.13. The number of rotatable bonds is 6. The summed E-state index contributed by atoms with van der Waals surface area (Å²) in [5.41, 5.74) is 2.70. The van der Waals surface area contributed by atoms with Crippen molar-refractivity contribution in [3.63, 3.8) is 0 Å². The highest BCUT2D eigenvalue weighted by Gasteiger charge is 2.23. The Morgan fingerprint density at radius 1 is 1.16 bits per heavy atom. The van der Waals surface area contributed by atoms with Crippen LogP contribution in [0.25, 0.3) is 22.4 Å². The van der Waals surface area contributed by atoms with Crippen molar-refractivity contribution in [1.29, 1.82) is 0 Å². The van der Waals surface area contributed by atoms with Gasteiger partial charge in [0.25, 0.3) is 11.5 Å². The van der Waals surface area contributed by atoms with Crippen LogP contribution in [0.4, 0.5) is 0 Å². The maximum Gasteiger partial charge on any atom is 0.279 e. The predicted molar refractivity (Wildman–Crippen MR) is 123 cm³/mol. The molecule has 4 rings (SSSR count). The van der Waals surface area contributed by atoms with E-state index in [-0.39, 0.29) is 11.5 Å². The molecule has 3 heterocycles. The van der Waals surface area contributed by atoms with Crippen LogP contribution in [0.15, 0.2) is 23.0 Å². The molecule has 1 aliphatic rings. The minimum Gasteiger partial charge on any atom is -0.493 e. The molecule has 1 fully saturated rings. The van der Waals surface area contributed by atoms with Crippen molar-refractivity contribution in [3.8, 4) is 17.1 Å². The quantitative estimate of drug-likeness (QED) is 0.633. The zero-order chi connectivity index (χ0) is 22.8. The van der Waals surface area contributed by atoms with Crippen LogP contribution in [0.3, 0.4) is 0 Å². The van der Waals surface area contributed by atoms with E-state index in [1.54, 1.807) is 25.2 Å². The van der Waals surface area contributed by atoms with Gasteiger partial charge in [-0.1, -0.05) is 13.3 Å². The standard InChI is InChI=1S/C23H30N6O3/c1-5-7-17-19-20(26-25-17)23(31)28(4)21(24-19)16-14-15(8-9-18(16)32-6-2)22(30)29-12-10-27(3)11-13-29/h8-9,14H,5-7,10-13H2,1-4H3,(H,25,26). The van der Waals surface area contributed by atoms with Crippen LogP contribution in [-0.2, 0) is 13.5 Å². The van der Waals surface area contributed by atoms with E-state index in [1.165, 1.54) is 4.57 Å². The van der Waals surface area contributed by atoms with Crippen LogP contribution in [0.1, 0.15) is 36.3 Å². The molecule has 1 aromatic carbocycles. The fourth-order valence-electron chi connectivity index (χ4n) is 4.05. The first kappa shape index (κ1) is 22.0. The van der Waals surface area contributed by atoms with Gasteiger partial charge in [-0.15, -0.1) is 0 Å². The van der Waals surface area contributed by atoms with E-state index in [0.717, 1.165) is 31.6 Å². The zero-order valence-electron chi connectivity index (χ0n) is 19.1. The van der Waals surface area contributed by atoms with E-state index in [9.17, 15) is 9.59 Å². The molecule has 1 saturated heterocycles. The van der Waals surface area contributed by atoms with Gasteiger partial charge in [0.1, 0.15) is 22.6 Å². The molecule has 32 heavy (non-hydrogen) atoms. The fourth-order valence-corrected chi connectivity index (χ4v) is 4.05. The predicted octanol–water partition coefficient (Wildman–Crippen LogP) is 2.06. The Kier molecular flexibility index (Phi) is 6.27. The van der Waals surface area contributed by atoms with Crippen molar-refractivity contribution in [2.24, 2.45) is 7.05 Å². The topological polar surface area (TPSA) is 96.3 Å². The molecule has 0 saturated carbocycles. The molecule has 3 aromatic rings. The number of piperazine rings is 1. The van der Waals surface area contributed by atoms with Gasteiger partial charge in [-0.2, -0.15) is 5.10 Å². The molecule has 9 nitrogen and oxygen atoms in total. The van der Waals surface area contributed by atoms with Gasteiger partial charge in [0.2, 0.25) is 0 Å². The molecule has 0 atom stereocenters. The van der Waals surface area contributed by atoms with Gasteiger partial charge in [-0.25, -0.2) is 4.98 Å². The molecule has 1 amide bonds. The Hall–Kier alpha value is -3.20. The molecule has 0 bridgehead atoms. The highest BCUT2D eigenvalue weighted by molar-refractivity contribution is 5.96. The van der Waals surface area contributed by atoms with Gasteiger partial charge in [-0.3, -0.25) is 19.3 Å². The van der Waals surface area contributed by atoms with Crippen molar-refractivity contribution < 1.29 is 9.53 Å². The van der Waals surface area contributed by atoms with Crippen LogP contribution in [0.5, 0.6) is 5.75 Å².